The van der Waals surface area contributed by atoms with Crippen LogP contribution in [0.4, 0.5) is 30.7 Å². The molecular weight excluding hydrogens is 312 g/mol. The van der Waals surface area contributed by atoms with Crippen molar-refractivity contribution in [2.75, 3.05) is 0 Å². The summed E-state index contributed by atoms with van der Waals surface area (Å²) in [4.78, 5) is 21.6. The normalized spacial score (nSPS) is 15.4. The third-order valence-corrected chi connectivity index (χ3v) is 1.43. The van der Waals surface area contributed by atoms with Crippen molar-refractivity contribution in [2.45, 2.75) is 31.4 Å². The highest BCUT2D eigenvalue weighted by Gasteiger charge is 2.66. The topological polar surface area (TPSA) is 77.8 Å². The minimum Gasteiger partial charge on any atom is -0.303 e. The predicted molar refractivity (Wildman–Crippen MR) is 49.9 cm³/mol. The second-order valence-corrected chi connectivity index (χ2v) is 4.01. The van der Waals surface area contributed by atoms with Crippen LogP contribution >= 0.6 is 7.82 Å². The van der Waals surface area contributed by atoms with Crippen molar-refractivity contribution in [3.63, 3.8) is 0 Å². The van der Waals surface area contributed by atoms with Crippen LogP contribution in [0, 0.1) is 0 Å². The molecule has 0 bridgehead atoms. The zero-order valence-corrected chi connectivity index (χ0v) is 10.0. The molecule has 0 aliphatic rings. The first-order valence-corrected chi connectivity index (χ1v) is 5.83. The fraction of sp³-hybridized carbons (Fsp3) is 0.714. The van der Waals surface area contributed by atoms with E-state index in [2.05, 4.69) is 0 Å². The van der Waals surface area contributed by atoms with Crippen molar-refractivity contribution in [1.29, 1.82) is 0 Å². The molecule has 0 saturated carbocycles. The summed E-state index contributed by atoms with van der Waals surface area (Å²) >= 11 is 0. The largest absolute Gasteiger partial charge is 0.466 e. The Morgan fingerprint density at radius 3 is 1.53 bits per heavy atom. The van der Waals surface area contributed by atoms with Gasteiger partial charge in [0.25, 0.3) is 0 Å². The van der Waals surface area contributed by atoms with Gasteiger partial charge in [-0.3, -0.25) is 0 Å². The molecule has 0 aromatic heterocycles. The molecule has 0 rings (SSSR count). The molecule has 19 heavy (non-hydrogen) atoms. The molecule has 0 radical (unpaired) electrons. The van der Waals surface area contributed by atoms with Crippen molar-refractivity contribution < 1.29 is 50.0 Å². The summed E-state index contributed by atoms with van der Waals surface area (Å²) in [6.07, 6.45) is -7.21. The molecule has 1 atom stereocenters. The molecule has 0 amide bonds. The summed E-state index contributed by atoms with van der Waals surface area (Å²) < 4.78 is 93.2. The van der Waals surface area contributed by atoms with E-state index in [9.17, 15) is 30.7 Å². The molecule has 0 aliphatic carbocycles. The van der Waals surface area contributed by atoms with Crippen molar-refractivity contribution in [3.8, 4) is 0 Å². The highest BCUT2D eigenvalue weighted by atomic mass is 31.2. The lowest BCUT2D eigenvalue weighted by Crippen LogP contribution is -2.51. The first kappa shape index (κ1) is 20.7. The summed E-state index contributed by atoms with van der Waals surface area (Å²) in [6.45, 7) is 1.10. The van der Waals surface area contributed by atoms with Gasteiger partial charge in [-0.1, -0.05) is 6.08 Å². The van der Waals surface area contributed by atoms with Gasteiger partial charge in [0, 0.05) is 0 Å². The monoisotopic (exact) mass is 322 g/mol. The van der Waals surface area contributed by atoms with E-state index < -0.39 is 32.3 Å². The Morgan fingerprint density at radius 1 is 1.00 bits per heavy atom. The van der Waals surface area contributed by atoms with Crippen LogP contribution in [-0.2, 0) is 4.57 Å². The van der Waals surface area contributed by atoms with Crippen LogP contribution in [0.5, 0.6) is 0 Å². The summed E-state index contributed by atoms with van der Waals surface area (Å²) in [7, 11) is -4.64. The number of rotatable bonds is 4. The molecule has 116 valence electrons. The Morgan fingerprint density at radius 2 is 1.32 bits per heavy atom. The maximum Gasteiger partial charge on any atom is 0.466 e. The number of hydrogen-bond acceptors (Lipinski definition) is 1. The van der Waals surface area contributed by atoms with E-state index in [-0.39, 0.29) is 6.08 Å². The van der Waals surface area contributed by atoms with Gasteiger partial charge in [-0.25, -0.2) is 17.7 Å². The van der Waals surface area contributed by atoms with Crippen molar-refractivity contribution in [2.24, 2.45) is 0 Å². The minimum atomic E-state index is -5.67. The standard InChI is InChI=1S/C7H7F7.H3O4P/c1-2-3-4(8)6(11,12)7(13,14)5(9)10;1-5(2,3)4/h2-5H,1H3;(H3,1,2,3,4). The number of phosphoric acid groups is 1. The number of allylic oxidation sites excluding steroid dienone is 2. The number of halogens is 7. The average molecular weight is 322 g/mol. The minimum absolute atomic E-state index is 0.0935. The van der Waals surface area contributed by atoms with E-state index in [4.69, 9.17) is 19.2 Å². The molecule has 0 fully saturated rings. The van der Waals surface area contributed by atoms with Crippen LogP contribution in [0.3, 0.4) is 0 Å². The molecule has 12 heteroatoms. The predicted octanol–water partition coefficient (Wildman–Crippen LogP) is 2.51. The third kappa shape index (κ3) is 7.51. The molecule has 3 N–H and O–H groups in total. The zero-order valence-electron chi connectivity index (χ0n) is 9.15. The van der Waals surface area contributed by atoms with Crippen LogP contribution in [0.1, 0.15) is 6.92 Å². The number of hydrogen-bond donors (Lipinski definition) is 3. The van der Waals surface area contributed by atoms with Crippen molar-refractivity contribution in [1.82, 2.24) is 0 Å². The van der Waals surface area contributed by atoms with Gasteiger partial charge in [0.1, 0.15) is 0 Å². The molecule has 0 heterocycles. The first-order valence-electron chi connectivity index (χ1n) is 4.26. The van der Waals surface area contributed by atoms with Crippen LogP contribution < -0.4 is 0 Å². The molecule has 0 aromatic carbocycles. The molecule has 0 saturated heterocycles. The molecule has 4 nitrogen and oxygen atoms in total. The average Bonchev–Trinajstić information content (AvgIpc) is 2.14. The fourth-order valence-electron chi connectivity index (χ4n) is 0.619. The molecule has 0 aliphatic heterocycles. The van der Waals surface area contributed by atoms with Gasteiger partial charge in [-0.2, -0.15) is 17.6 Å². The van der Waals surface area contributed by atoms with Crippen LogP contribution in [0.2, 0.25) is 0 Å². The second kappa shape index (κ2) is 7.22. The fourth-order valence-corrected chi connectivity index (χ4v) is 0.619. The summed E-state index contributed by atoms with van der Waals surface area (Å²) in [5, 5.41) is 0. The van der Waals surface area contributed by atoms with E-state index in [0.717, 1.165) is 13.0 Å². The summed E-state index contributed by atoms with van der Waals surface area (Å²) in [5.41, 5.74) is 0. The van der Waals surface area contributed by atoms with Crippen molar-refractivity contribution in [3.05, 3.63) is 12.2 Å². The Kier molecular flexibility index (Phi) is 7.86. The van der Waals surface area contributed by atoms with E-state index in [1.165, 1.54) is 0 Å². The Bertz CT molecular complexity index is 332. The molecule has 0 spiro atoms. The lowest BCUT2D eigenvalue weighted by atomic mass is 10.1. The zero-order chi connectivity index (χ0) is 16.1. The lowest BCUT2D eigenvalue weighted by Gasteiger charge is -2.26. The van der Waals surface area contributed by atoms with Gasteiger partial charge >= 0.3 is 26.1 Å². The Balaban J connectivity index is 0. The van der Waals surface area contributed by atoms with Gasteiger partial charge in [0.05, 0.1) is 0 Å². The Labute approximate surface area is 102 Å². The summed E-state index contributed by atoms with van der Waals surface area (Å²) in [6, 6.07) is 0. The van der Waals surface area contributed by atoms with Crippen LogP contribution in [-0.4, -0.2) is 39.1 Å². The van der Waals surface area contributed by atoms with E-state index in [1.807, 2.05) is 0 Å². The number of alkyl halides is 7. The first-order chi connectivity index (χ1) is 8.17. The van der Waals surface area contributed by atoms with Crippen LogP contribution in [0.25, 0.3) is 0 Å². The highest BCUT2D eigenvalue weighted by molar-refractivity contribution is 7.45. The van der Waals surface area contributed by atoms with Gasteiger partial charge in [-0.15, -0.1) is 0 Å². The van der Waals surface area contributed by atoms with Gasteiger partial charge in [0.2, 0.25) is 0 Å². The maximum atomic E-state index is 12.4. The molecular formula is C7H10F7O4P. The van der Waals surface area contributed by atoms with Gasteiger partial charge in [0.15, 0.2) is 6.17 Å². The maximum absolute atomic E-state index is 12.4. The smallest absolute Gasteiger partial charge is 0.303 e. The summed E-state index contributed by atoms with van der Waals surface area (Å²) in [5.74, 6) is -11.1. The Hall–Kier alpha value is -0.640. The van der Waals surface area contributed by atoms with Crippen molar-refractivity contribution >= 4 is 7.82 Å². The quantitative estimate of drug-likeness (QED) is 0.422. The SMILES string of the molecule is CC=CC(F)C(F)(F)C(F)(F)C(F)F.O=P(O)(O)O. The van der Waals surface area contributed by atoms with Gasteiger partial charge in [-0.05, 0) is 13.0 Å². The highest BCUT2D eigenvalue weighted by Crippen LogP contribution is 2.42. The van der Waals surface area contributed by atoms with E-state index >= 15 is 0 Å². The lowest BCUT2D eigenvalue weighted by molar-refractivity contribution is -0.278. The second-order valence-electron chi connectivity index (χ2n) is 2.99. The van der Waals surface area contributed by atoms with E-state index in [0.29, 0.717) is 0 Å². The third-order valence-electron chi connectivity index (χ3n) is 1.43. The van der Waals surface area contributed by atoms with Crippen LogP contribution in [0.15, 0.2) is 12.2 Å². The van der Waals surface area contributed by atoms with Gasteiger partial charge < -0.3 is 14.7 Å². The molecule has 0 aromatic rings. The molecule has 1 unspecified atom stereocenters. The van der Waals surface area contributed by atoms with E-state index in [1.54, 1.807) is 0 Å².